The van der Waals surface area contributed by atoms with Crippen molar-refractivity contribution >= 4 is 17.3 Å². The lowest BCUT2D eigenvalue weighted by molar-refractivity contribution is -0.124. The van der Waals surface area contributed by atoms with E-state index in [1.54, 1.807) is 6.07 Å². The number of anilines is 1. The molecule has 2 aliphatic rings. The smallest absolute Gasteiger partial charge is 0.273 e. The van der Waals surface area contributed by atoms with Gasteiger partial charge in [0.1, 0.15) is 11.6 Å². The molecule has 37 heavy (non-hydrogen) atoms. The predicted octanol–water partition coefficient (Wildman–Crippen LogP) is 7.83. The summed E-state index contributed by atoms with van der Waals surface area (Å²) in [5, 5.41) is 0. The molecule has 0 spiro atoms. The molecule has 0 unspecified atom stereocenters. The van der Waals surface area contributed by atoms with Crippen molar-refractivity contribution in [2.75, 3.05) is 5.73 Å². The number of carbonyl (C=O) groups is 2. The Morgan fingerprint density at radius 3 is 2.03 bits per heavy atom. The summed E-state index contributed by atoms with van der Waals surface area (Å²) in [7, 11) is 0. The van der Waals surface area contributed by atoms with Crippen LogP contribution in [0.15, 0.2) is 36.4 Å². The van der Waals surface area contributed by atoms with Crippen LogP contribution in [-0.4, -0.2) is 11.6 Å². The van der Waals surface area contributed by atoms with Crippen molar-refractivity contribution in [3.05, 3.63) is 64.5 Å². The monoisotopic (exact) mass is 513 g/mol. The van der Waals surface area contributed by atoms with E-state index >= 15 is 0 Å². The van der Waals surface area contributed by atoms with Gasteiger partial charge in [-0.3, -0.25) is 9.59 Å². The average molecular weight is 514 g/mol. The maximum atomic E-state index is 14.0. The third-order valence-electron chi connectivity index (χ3n) is 8.77. The van der Waals surface area contributed by atoms with Gasteiger partial charge in [-0.05, 0) is 106 Å². The Bertz CT molecular complexity index is 1120. The number of halogens is 3. The van der Waals surface area contributed by atoms with Gasteiger partial charge in [-0.2, -0.15) is 0 Å². The van der Waals surface area contributed by atoms with Gasteiger partial charge in [0.2, 0.25) is 0 Å². The quantitative estimate of drug-likeness (QED) is 0.289. The van der Waals surface area contributed by atoms with Crippen LogP contribution in [-0.2, 0) is 17.1 Å². The molecule has 2 fully saturated rings. The second-order valence-corrected chi connectivity index (χ2v) is 11.3. The van der Waals surface area contributed by atoms with Gasteiger partial charge in [0.05, 0.1) is 5.56 Å². The summed E-state index contributed by atoms with van der Waals surface area (Å²) in [6.45, 7) is 2.62. The molecule has 0 aromatic heterocycles. The summed E-state index contributed by atoms with van der Waals surface area (Å²) in [5.41, 5.74) is 8.33. The lowest BCUT2D eigenvalue weighted by atomic mass is 9.67. The van der Waals surface area contributed by atoms with E-state index in [1.165, 1.54) is 6.07 Å². The Labute approximate surface area is 218 Å². The Kier molecular flexibility index (Phi) is 8.45. The Morgan fingerprint density at radius 1 is 0.892 bits per heavy atom. The van der Waals surface area contributed by atoms with E-state index in [2.05, 4.69) is 0 Å². The van der Waals surface area contributed by atoms with E-state index in [1.807, 2.05) is 19.1 Å². The maximum Gasteiger partial charge on any atom is 0.273 e. The highest BCUT2D eigenvalue weighted by molar-refractivity contribution is 5.98. The summed E-state index contributed by atoms with van der Waals surface area (Å²) >= 11 is 0. The fraction of sp³-hybridized carbons (Fsp3) is 0.548. The number of nitrogen functional groups attached to an aromatic ring is 1. The van der Waals surface area contributed by atoms with Gasteiger partial charge < -0.3 is 5.73 Å². The molecule has 0 amide bonds. The SMILES string of the molecule is Cc1ccc(C(=O)C2CCC(C3CCC(C(=O)CCc4ccc(C(C)(F)F)c(F)c4)CC3)CC2)cc1N. The zero-order valence-electron chi connectivity index (χ0n) is 21.9. The van der Waals surface area contributed by atoms with Crippen molar-refractivity contribution in [1.82, 2.24) is 0 Å². The van der Waals surface area contributed by atoms with Crippen LogP contribution in [0.2, 0.25) is 0 Å². The highest BCUT2D eigenvalue weighted by atomic mass is 19.3. The molecule has 6 heteroatoms. The summed E-state index contributed by atoms with van der Waals surface area (Å²) in [5.74, 6) is -2.43. The topological polar surface area (TPSA) is 60.2 Å². The minimum Gasteiger partial charge on any atom is -0.398 e. The predicted molar refractivity (Wildman–Crippen MR) is 140 cm³/mol. The molecule has 2 aromatic rings. The Balaban J connectivity index is 1.21. The number of nitrogens with two attached hydrogens (primary N) is 1. The first-order chi connectivity index (χ1) is 17.5. The fourth-order valence-electron chi connectivity index (χ4n) is 6.34. The molecule has 0 saturated heterocycles. The average Bonchev–Trinajstić information content (AvgIpc) is 2.88. The van der Waals surface area contributed by atoms with E-state index < -0.39 is 17.3 Å². The molecular formula is C31H38F3NO2. The molecule has 0 bridgehead atoms. The van der Waals surface area contributed by atoms with Gasteiger partial charge in [0, 0.05) is 36.4 Å². The molecule has 0 radical (unpaired) electrons. The molecular weight excluding hydrogens is 475 g/mol. The number of ketones is 2. The van der Waals surface area contributed by atoms with Crippen molar-refractivity contribution in [2.45, 2.75) is 84.0 Å². The van der Waals surface area contributed by atoms with Gasteiger partial charge in [0.15, 0.2) is 5.78 Å². The number of hydrogen-bond acceptors (Lipinski definition) is 3. The van der Waals surface area contributed by atoms with E-state index in [-0.39, 0.29) is 23.4 Å². The molecule has 2 aliphatic carbocycles. The van der Waals surface area contributed by atoms with Crippen LogP contribution in [0.3, 0.4) is 0 Å². The third kappa shape index (κ3) is 6.63. The normalized spacial score (nSPS) is 24.6. The molecule has 4 rings (SSSR count). The highest BCUT2D eigenvalue weighted by Gasteiger charge is 2.34. The summed E-state index contributed by atoms with van der Waals surface area (Å²) in [6, 6.07) is 9.35. The van der Waals surface area contributed by atoms with Crippen LogP contribution in [0.25, 0.3) is 0 Å². The first-order valence-electron chi connectivity index (χ1n) is 13.6. The molecule has 2 N–H and O–H groups in total. The first kappa shape index (κ1) is 27.4. The number of carbonyl (C=O) groups excluding carboxylic acids is 2. The van der Waals surface area contributed by atoms with Crippen molar-refractivity contribution in [3.8, 4) is 0 Å². The lowest BCUT2D eigenvalue weighted by Crippen LogP contribution is -2.30. The number of Topliss-reactive ketones (excluding diaryl/α,β-unsaturated/α-hetero) is 2. The van der Waals surface area contributed by atoms with Crippen LogP contribution in [0.1, 0.15) is 91.8 Å². The standard InChI is InChI=1S/C31H38F3NO2/c1-19-3-6-25(18-28(19)35)30(37)24-13-9-22(10-14-24)21-7-11-23(12-8-21)29(36)16-5-20-4-15-26(27(32)17-20)31(2,33)34/h3-4,6,15,17-18,21-24H,5,7-14,16,35H2,1-2H3. The van der Waals surface area contributed by atoms with Crippen molar-refractivity contribution in [3.63, 3.8) is 0 Å². The minimum absolute atomic E-state index is 0.0326. The van der Waals surface area contributed by atoms with Crippen molar-refractivity contribution < 1.29 is 22.8 Å². The first-order valence-corrected chi connectivity index (χ1v) is 13.6. The van der Waals surface area contributed by atoms with Crippen LogP contribution in [0.5, 0.6) is 0 Å². The van der Waals surface area contributed by atoms with E-state index in [9.17, 15) is 22.8 Å². The lowest BCUT2D eigenvalue weighted by Gasteiger charge is -2.37. The molecule has 0 atom stereocenters. The summed E-state index contributed by atoms with van der Waals surface area (Å²) < 4.78 is 40.9. The number of benzene rings is 2. The number of aryl methyl sites for hydroxylation is 2. The molecule has 0 heterocycles. The minimum atomic E-state index is -3.22. The molecule has 3 nitrogen and oxygen atoms in total. The largest absolute Gasteiger partial charge is 0.398 e. The van der Waals surface area contributed by atoms with Crippen molar-refractivity contribution in [2.24, 2.45) is 23.7 Å². The summed E-state index contributed by atoms with van der Waals surface area (Å²) in [4.78, 5) is 25.8. The molecule has 200 valence electrons. The zero-order valence-corrected chi connectivity index (χ0v) is 21.9. The van der Waals surface area contributed by atoms with Gasteiger partial charge in [0.25, 0.3) is 5.92 Å². The Hall–Kier alpha value is -2.63. The summed E-state index contributed by atoms with van der Waals surface area (Å²) in [6.07, 6.45) is 8.43. The number of alkyl halides is 2. The highest BCUT2D eigenvalue weighted by Crippen LogP contribution is 2.42. The van der Waals surface area contributed by atoms with E-state index in [4.69, 9.17) is 5.73 Å². The number of rotatable bonds is 8. The van der Waals surface area contributed by atoms with Crippen LogP contribution >= 0.6 is 0 Å². The van der Waals surface area contributed by atoms with Crippen LogP contribution < -0.4 is 5.73 Å². The second kappa shape index (κ2) is 11.4. The molecule has 0 aliphatic heterocycles. The van der Waals surface area contributed by atoms with Crippen LogP contribution in [0, 0.1) is 36.4 Å². The fourth-order valence-corrected chi connectivity index (χ4v) is 6.34. The van der Waals surface area contributed by atoms with E-state index in [0.717, 1.165) is 69.1 Å². The molecule has 2 saturated carbocycles. The van der Waals surface area contributed by atoms with Gasteiger partial charge in [-0.15, -0.1) is 0 Å². The van der Waals surface area contributed by atoms with Gasteiger partial charge in [-0.25, -0.2) is 13.2 Å². The maximum absolute atomic E-state index is 14.0. The van der Waals surface area contributed by atoms with Gasteiger partial charge in [-0.1, -0.05) is 18.2 Å². The third-order valence-corrected chi connectivity index (χ3v) is 8.77. The van der Waals surface area contributed by atoms with E-state index in [0.29, 0.717) is 48.4 Å². The van der Waals surface area contributed by atoms with Gasteiger partial charge >= 0.3 is 0 Å². The second-order valence-electron chi connectivity index (χ2n) is 11.3. The Morgan fingerprint density at radius 2 is 1.49 bits per heavy atom. The zero-order chi connectivity index (χ0) is 26.7. The number of hydrogen-bond donors (Lipinski definition) is 1. The van der Waals surface area contributed by atoms with Crippen LogP contribution in [0.4, 0.5) is 18.9 Å². The van der Waals surface area contributed by atoms with Crippen molar-refractivity contribution in [1.29, 1.82) is 0 Å². The molecule has 2 aromatic carbocycles.